The molecule has 1 atom stereocenters. The first kappa shape index (κ1) is 15.5. The van der Waals surface area contributed by atoms with E-state index in [9.17, 15) is 0 Å². The third-order valence-corrected chi connectivity index (χ3v) is 5.65. The van der Waals surface area contributed by atoms with E-state index in [1.807, 2.05) is 17.8 Å². The summed E-state index contributed by atoms with van der Waals surface area (Å²) in [4.78, 5) is 2.57. The number of nitrogens with zero attached hydrogens (tertiary/aromatic N) is 1. The third kappa shape index (κ3) is 3.88. The quantitative estimate of drug-likeness (QED) is 0.802. The van der Waals surface area contributed by atoms with Gasteiger partial charge < -0.3 is 9.47 Å². The summed E-state index contributed by atoms with van der Waals surface area (Å²) in [6, 6.07) is 4.18. The zero-order valence-corrected chi connectivity index (χ0v) is 14.8. The summed E-state index contributed by atoms with van der Waals surface area (Å²) >= 11 is 5.65. The van der Waals surface area contributed by atoms with E-state index in [-0.39, 0.29) is 0 Å². The average Bonchev–Trinajstić information content (AvgIpc) is 2.49. The molecule has 3 nitrogen and oxygen atoms in total. The zero-order valence-electron chi connectivity index (χ0n) is 12.4. The van der Waals surface area contributed by atoms with Crippen molar-refractivity contribution in [3.05, 3.63) is 22.2 Å². The first-order chi connectivity index (χ1) is 10.3. The van der Waals surface area contributed by atoms with Gasteiger partial charge >= 0.3 is 0 Å². The molecule has 0 N–H and O–H groups in total. The molecule has 0 radical (unpaired) electrons. The second kappa shape index (κ2) is 7.25. The number of rotatable bonds is 4. The normalized spacial score (nSPS) is 22.3. The van der Waals surface area contributed by atoms with E-state index in [4.69, 9.17) is 9.47 Å². The van der Waals surface area contributed by atoms with Crippen LogP contribution in [0.15, 0.2) is 16.6 Å². The maximum Gasteiger partial charge on any atom is 0.162 e. The summed E-state index contributed by atoms with van der Waals surface area (Å²) < 4.78 is 12.5. The van der Waals surface area contributed by atoms with E-state index >= 15 is 0 Å². The molecule has 2 aliphatic rings. The lowest BCUT2D eigenvalue weighted by Gasteiger charge is -2.33. The van der Waals surface area contributed by atoms with Crippen molar-refractivity contribution in [3.63, 3.8) is 0 Å². The number of fused-ring (bicyclic) bond motifs is 1. The minimum Gasteiger partial charge on any atom is -0.486 e. The molecule has 0 saturated carbocycles. The van der Waals surface area contributed by atoms with E-state index in [1.165, 1.54) is 37.2 Å². The topological polar surface area (TPSA) is 21.7 Å². The predicted molar refractivity (Wildman–Crippen MR) is 91.5 cm³/mol. The van der Waals surface area contributed by atoms with Gasteiger partial charge in [-0.1, -0.05) is 15.9 Å². The maximum atomic E-state index is 5.70. The van der Waals surface area contributed by atoms with Gasteiger partial charge in [0.15, 0.2) is 11.5 Å². The summed E-state index contributed by atoms with van der Waals surface area (Å²) in [6.45, 7) is 4.68. The first-order valence-corrected chi connectivity index (χ1v) is 9.74. The summed E-state index contributed by atoms with van der Waals surface area (Å²) in [5.74, 6) is 3.86. The van der Waals surface area contributed by atoms with Gasteiger partial charge in [-0.25, -0.2) is 0 Å². The number of benzene rings is 1. The largest absolute Gasteiger partial charge is 0.486 e. The number of hydrogen-bond acceptors (Lipinski definition) is 4. The Bertz CT molecular complexity index is 495. The van der Waals surface area contributed by atoms with Crippen molar-refractivity contribution >= 4 is 27.7 Å². The molecule has 3 rings (SSSR count). The lowest BCUT2D eigenvalue weighted by molar-refractivity contribution is 0.167. The molecule has 0 aliphatic carbocycles. The molecule has 1 aromatic carbocycles. The molecule has 0 amide bonds. The number of ether oxygens (including phenoxy) is 2. The average molecular weight is 372 g/mol. The van der Waals surface area contributed by atoms with Gasteiger partial charge in [0.2, 0.25) is 0 Å². The van der Waals surface area contributed by atoms with Gasteiger partial charge in [0, 0.05) is 17.6 Å². The third-order valence-electron chi connectivity index (χ3n) is 4.11. The standard InChI is InChI=1S/C16H22BrNO2S/c1-21-11-12-3-2-4-18(9-12)10-13-7-15-16(8-14(13)17)20-6-5-19-15/h7-8,12H,2-6,9-11H2,1H3. The van der Waals surface area contributed by atoms with Crippen LogP contribution in [0.2, 0.25) is 0 Å². The maximum absolute atomic E-state index is 5.70. The first-order valence-electron chi connectivity index (χ1n) is 7.55. The van der Waals surface area contributed by atoms with Crippen LogP contribution in [0.3, 0.4) is 0 Å². The van der Waals surface area contributed by atoms with Crippen molar-refractivity contribution in [2.45, 2.75) is 19.4 Å². The van der Waals surface area contributed by atoms with E-state index in [0.717, 1.165) is 28.4 Å². The smallest absolute Gasteiger partial charge is 0.162 e. The van der Waals surface area contributed by atoms with Crippen molar-refractivity contribution in [2.75, 3.05) is 38.3 Å². The molecule has 0 aromatic heterocycles. The van der Waals surface area contributed by atoms with Gasteiger partial charge in [0.25, 0.3) is 0 Å². The Kier molecular flexibility index (Phi) is 5.35. The van der Waals surface area contributed by atoms with E-state index in [0.29, 0.717) is 13.2 Å². The van der Waals surface area contributed by atoms with Gasteiger partial charge in [0.1, 0.15) is 13.2 Å². The highest BCUT2D eigenvalue weighted by atomic mass is 79.9. The van der Waals surface area contributed by atoms with Crippen molar-refractivity contribution in [1.82, 2.24) is 4.90 Å². The molecule has 1 fully saturated rings. The highest BCUT2D eigenvalue weighted by Crippen LogP contribution is 2.36. The number of thioether (sulfide) groups is 1. The SMILES string of the molecule is CSCC1CCCN(Cc2cc3c(cc2Br)OCCO3)C1. The van der Waals surface area contributed by atoms with Crippen molar-refractivity contribution in [3.8, 4) is 11.5 Å². The van der Waals surface area contributed by atoms with Crippen LogP contribution < -0.4 is 9.47 Å². The van der Waals surface area contributed by atoms with Gasteiger partial charge in [0.05, 0.1) is 0 Å². The second-order valence-corrected chi connectivity index (χ2v) is 7.55. The number of piperidine rings is 1. The van der Waals surface area contributed by atoms with E-state index < -0.39 is 0 Å². The Morgan fingerprint density at radius 3 is 2.81 bits per heavy atom. The summed E-state index contributed by atoms with van der Waals surface area (Å²) in [5, 5.41) is 0. The molecule has 2 aliphatic heterocycles. The Morgan fingerprint density at radius 2 is 2.05 bits per heavy atom. The Hall–Kier alpha value is -0.390. The number of hydrogen-bond donors (Lipinski definition) is 0. The van der Waals surface area contributed by atoms with Crippen LogP contribution in [0.25, 0.3) is 0 Å². The molecule has 0 bridgehead atoms. The fourth-order valence-electron chi connectivity index (χ4n) is 3.13. The van der Waals surface area contributed by atoms with Crippen LogP contribution in [0.5, 0.6) is 11.5 Å². The van der Waals surface area contributed by atoms with Crippen molar-refractivity contribution < 1.29 is 9.47 Å². The van der Waals surface area contributed by atoms with Crippen LogP contribution in [0, 0.1) is 5.92 Å². The van der Waals surface area contributed by atoms with Gasteiger partial charge in [-0.3, -0.25) is 4.90 Å². The molecule has 116 valence electrons. The molecule has 0 spiro atoms. The van der Waals surface area contributed by atoms with E-state index in [2.05, 4.69) is 33.2 Å². The molecule has 1 unspecified atom stereocenters. The monoisotopic (exact) mass is 371 g/mol. The van der Waals surface area contributed by atoms with Crippen LogP contribution in [-0.4, -0.2) is 43.2 Å². The summed E-state index contributed by atoms with van der Waals surface area (Å²) in [6.07, 6.45) is 4.89. The minimum atomic E-state index is 0.640. The van der Waals surface area contributed by atoms with Gasteiger partial charge in [-0.05, 0) is 55.0 Å². The van der Waals surface area contributed by atoms with Crippen LogP contribution in [0.4, 0.5) is 0 Å². The van der Waals surface area contributed by atoms with Crippen molar-refractivity contribution in [2.24, 2.45) is 5.92 Å². The lowest BCUT2D eigenvalue weighted by Crippen LogP contribution is -2.35. The van der Waals surface area contributed by atoms with Crippen molar-refractivity contribution in [1.29, 1.82) is 0 Å². The molecule has 21 heavy (non-hydrogen) atoms. The molecular formula is C16H22BrNO2S. The van der Waals surface area contributed by atoms with E-state index in [1.54, 1.807) is 0 Å². The van der Waals surface area contributed by atoms with Gasteiger partial charge in [-0.15, -0.1) is 0 Å². The molecule has 1 saturated heterocycles. The molecular weight excluding hydrogens is 350 g/mol. The Labute approximate surface area is 139 Å². The highest BCUT2D eigenvalue weighted by molar-refractivity contribution is 9.10. The fourth-order valence-corrected chi connectivity index (χ4v) is 4.33. The van der Waals surface area contributed by atoms with Crippen LogP contribution >= 0.6 is 27.7 Å². The second-order valence-electron chi connectivity index (χ2n) is 5.79. The molecule has 1 aromatic rings. The molecule has 5 heteroatoms. The Morgan fingerprint density at radius 1 is 1.29 bits per heavy atom. The summed E-state index contributed by atoms with van der Waals surface area (Å²) in [5.41, 5.74) is 1.30. The zero-order chi connectivity index (χ0) is 14.7. The number of halogens is 1. The highest BCUT2D eigenvalue weighted by Gasteiger charge is 2.21. The van der Waals surface area contributed by atoms with Crippen LogP contribution in [0.1, 0.15) is 18.4 Å². The lowest BCUT2D eigenvalue weighted by atomic mass is 9.99. The minimum absolute atomic E-state index is 0.640. The summed E-state index contributed by atoms with van der Waals surface area (Å²) in [7, 11) is 0. The Balaban J connectivity index is 1.69. The van der Waals surface area contributed by atoms with Gasteiger partial charge in [-0.2, -0.15) is 11.8 Å². The molecule has 2 heterocycles. The fraction of sp³-hybridized carbons (Fsp3) is 0.625. The van der Waals surface area contributed by atoms with Crippen LogP contribution in [-0.2, 0) is 6.54 Å². The predicted octanol–water partition coefficient (Wildman–Crippen LogP) is 3.80. The number of likely N-dealkylation sites (tertiary alicyclic amines) is 1.